The van der Waals surface area contributed by atoms with E-state index in [4.69, 9.17) is 9.47 Å². The van der Waals surface area contributed by atoms with Gasteiger partial charge in [0.1, 0.15) is 0 Å². The molecule has 1 amide bonds. The fraction of sp³-hybridized carbons (Fsp3) is 0.214. The lowest BCUT2D eigenvalue weighted by molar-refractivity contribution is 0.0940. The van der Waals surface area contributed by atoms with E-state index in [1.165, 1.54) is 11.3 Å². The molecule has 1 atom stereocenters. The fourth-order valence-corrected chi connectivity index (χ4v) is 3.11. The van der Waals surface area contributed by atoms with Crippen LogP contribution in [-0.4, -0.2) is 12.7 Å². The first kappa shape index (κ1) is 13.5. The van der Waals surface area contributed by atoms with Gasteiger partial charge in [-0.25, -0.2) is 0 Å². The second kappa shape index (κ2) is 5.46. The van der Waals surface area contributed by atoms with E-state index in [0.717, 1.165) is 20.8 Å². The van der Waals surface area contributed by atoms with Crippen molar-refractivity contribution in [1.82, 2.24) is 5.32 Å². The van der Waals surface area contributed by atoms with Crippen LogP contribution in [0.25, 0.3) is 0 Å². The van der Waals surface area contributed by atoms with Crippen LogP contribution >= 0.6 is 27.3 Å². The van der Waals surface area contributed by atoms with Gasteiger partial charge in [0.05, 0.1) is 15.4 Å². The molecule has 1 N–H and O–H groups in total. The molecule has 0 radical (unpaired) electrons. The normalized spacial score (nSPS) is 14.1. The minimum absolute atomic E-state index is 0.0860. The number of ether oxygens (including phenoxy) is 2. The number of thiophene rings is 1. The standard InChI is InChI=1S/C14H12BrNO3S/c1-8(16-14(17)10-5-13(15)20-6-10)9-2-3-11-12(4-9)19-7-18-11/h2-6,8H,7H2,1H3,(H,16,17). The van der Waals surface area contributed by atoms with Gasteiger partial charge in [-0.1, -0.05) is 6.07 Å². The van der Waals surface area contributed by atoms with Gasteiger partial charge >= 0.3 is 0 Å². The van der Waals surface area contributed by atoms with Gasteiger partial charge in [0.25, 0.3) is 5.91 Å². The summed E-state index contributed by atoms with van der Waals surface area (Å²) in [5.74, 6) is 1.38. The number of carbonyl (C=O) groups is 1. The smallest absolute Gasteiger partial charge is 0.252 e. The largest absolute Gasteiger partial charge is 0.454 e. The third kappa shape index (κ3) is 2.66. The summed E-state index contributed by atoms with van der Waals surface area (Å²) in [7, 11) is 0. The van der Waals surface area contributed by atoms with Crippen molar-refractivity contribution in [3.05, 3.63) is 44.6 Å². The summed E-state index contributed by atoms with van der Waals surface area (Å²) in [5.41, 5.74) is 1.64. The molecule has 0 aliphatic carbocycles. The monoisotopic (exact) mass is 353 g/mol. The molecule has 6 heteroatoms. The number of rotatable bonds is 3. The van der Waals surface area contributed by atoms with Crippen LogP contribution in [0.1, 0.15) is 28.9 Å². The molecule has 1 aliphatic heterocycles. The first-order valence-corrected chi connectivity index (χ1v) is 7.75. The zero-order valence-corrected chi connectivity index (χ0v) is 13.1. The predicted molar refractivity (Wildman–Crippen MR) is 80.5 cm³/mol. The number of fused-ring (bicyclic) bond motifs is 1. The molecule has 1 aromatic heterocycles. The molecule has 0 fully saturated rings. The number of carbonyl (C=O) groups excluding carboxylic acids is 1. The summed E-state index contributed by atoms with van der Waals surface area (Å²) < 4.78 is 11.6. The number of hydrogen-bond acceptors (Lipinski definition) is 4. The highest BCUT2D eigenvalue weighted by Crippen LogP contribution is 2.34. The molecule has 20 heavy (non-hydrogen) atoms. The van der Waals surface area contributed by atoms with Crippen molar-refractivity contribution in [2.24, 2.45) is 0 Å². The lowest BCUT2D eigenvalue weighted by Gasteiger charge is -2.14. The molecule has 2 heterocycles. The van der Waals surface area contributed by atoms with E-state index in [-0.39, 0.29) is 18.7 Å². The van der Waals surface area contributed by atoms with Crippen molar-refractivity contribution in [2.75, 3.05) is 6.79 Å². The minimum atomic E-state index is -0.101. The molecule has 4 nitrogen and oxygen atoms in total. The van der Waals surface area contributed by atoms with Gasteiger partial charge in [0.15, 0.2) is 11.5 Å². The van der Waals surface area contributed by atoms with E-state index in [0.29, 0.717) is 5.56 Å². The Morgan fingerprint density at radius 3 is 2.90 bits per heavy atom. The van der Waals surface area contributed by atoms with Crippen molar-refractivity contribution in [3.8, 4) is 11.5 Å². The first-order chi connectivity index (χ1) is 9.63. The Balaban J connectivity index is 1.73. The quantitative estimate of drug-likeness (QED) is 0.914. The minimum Gasteiger partial charge on any atom is -0.454 e. The van der Waals surface area contributed by atoms with Crippen molar-refractivity contribution in [1.29, 1.82) is 0 Å². The zero-order chi connectivity index (χ0) is 14.1. The van der Waals surface area contributed by atoms with E-state index < -0.39 is 0 Å². The number of benzene rings is 1. The van der Waals surface area contributed by atoms with Crippen LogP contribution in [0.4, 0.5) is 0 Å². The highest BCUT2D eigenvalue weighted by atomic mass is 79.9. The van der Waals surface area contributed by atoms with E-state index in [2.05, 4.69) is 21.2 Å². The predicted octanol–water partition coefficient (Wildman–Crippen LogP) is 3.73. The van der Waals surface area contributed by atoms with Gasteiger partial charge in [0, 0.05) is 5.38 Å². The Hall–Kier alpha value is -1.53. The molecule has 0 spiro atoms. The third-order valence-electron chi connectivity index (χ3n) is 3.07. The van der Waals surface area contributed by atoms with Crippen LogP contribution in [-0.2, 0) is 0 Å². The van der Waals surface area contributed by atoms with Crippen LogP contribution in [0.3, 0.4) is 0 Å². The molecular formula is C14H12BrNO3S. The zero-order valence-electron chi connectivity index (χ0n) is 10.7. The average Bonchev–Trinajstić information content (AvgIpc) is 3.05. The highest BCUT2D eigenvalue weighted by Gasteiger charge is 2.17. The molecule has 0 saturated heterocycles. The summed E-state index contributed by atoms with van der Waals surface area (Å²) in [5, 5.41) is 4.79. The summed E-state index contributed by atoms with van der Waals surface area (Å²) in [6.07, 6.45) is 0. The Morgan fingerprint density at radius 1 is 1.35 bits per heavy atom. The van der Waals surface area contributed by atoms with Gasteiger partial charge in [0.2, 0.25) is 6.79 Å². The maximum atomic E-state index is 12.1. The van der Waals surface area contributed by atoms with E-state index in [1.807, 2.05) is 36.6 Å². The molecule has 0 saturated carbocycles. The van der Waals surface area contributed by atoms with Crippen molar-refractivity contribution in [2.45, 2.75) is 13.0 Å². The molecule has 3 rings (SSSR count). The molecule has 104 valence electrons. The van der Waals surface area contributed by atoms with Crippen molar-refractivity contribution >= 4 is 33.2 Å². The van der Waals surface area contributed by atoms with Gasteiger partial charge in [-0.15, -0.1) is 11.3 Å². The third-order valence-corrected chi connectivity index (χ3v) is 4.58. The Labute approximate surface area is 128 Å². The first-order valence-electron chi connectivity index (χ1n) is 6.08. The lowest BCUT2D eigenvalue weighted by atomic mass is 10.1. The second-order valence-electron chi connectivity index (χ2n) is 4.45. The molecule has 1 aromatic carbocycles. The van der Waals surface area contributed by atoms with E-state index in [1.54, 1.807) is 0 Å². The van der Waals surface area contributed by atoms with Gasteiger partial charge < -0.3 is 14.8 Å². The van der Waals surface area contributed by atoms with E-state index >= 15 is 0 Å². The SMILES string of the molecule is CC(NC(=O)c1csc(Br)c1)c1ccc2c(c1)OCO2. The molecule has 0 bridgehead atoms. The molecule has 2 aromatic rings. The van der Waals surface area contributed by atoms with Crippen LogP contribution in [0.5, 0.6) is 11.5 Å². The Bertz CT molecular complexity index is 656. The summed E-state index contributed by atoms with van der Waals surface area (Å²) >= 11 is 4.84. The van der Waals surface area contributed by atoms with E-state index in [9.17, 15) is 4.79 Å². The number of hydrogen-bond donors (Lipinski definition) is 1. The molecule has 1 aliphatic rings. The van der Waals surface area contributed by atoms with Crippen LogP contribution in [0.15, 0.2) is 33.4 Å². The van der Waals surface area contributed by atoms with Crippen molar-refractivity contribution in [3.63, 3.8) is 0 Å². The number of nitrogens with one attached hydrogen (secondary N) is 1. The Morgan fingerprint density at radius 2 is 2.15 bits per heavy atom. The average molecular weight is 354 g/mol. The highest BCUT2D eigenvalue weighted by molar-refractivity contribution is 9.11. The number of amides is 1. The van der Waals surface area contributed by atoms with Crippen LogP contribution < -0.4 is 14.8 Å². The maximum absolute atomic E-state index is 12.1. The lowest BCUT2D eigenvalue weighted by Crippen LogP contribution is -2.26. The summed E-state index contributed by atoms with van der Waals surface area (Å²) in [6.45, 7) is 2.19. The topological polar surface area (TPSA) is 47.6 Å². The maximum Gasteiger partial charge on any atom is 0.252 e. The van der Waals surface area contributed by atoms with Gasteiger partial charge in [-0.3, -0.25) is 4.79 Å². The van der Waals surface area contributed by atoms with Crippen LogP contribution in [0.2, 0.25) is 0 Å². The number of halogens is 1. The second-order valence-corrected chi connectivity index (χ2v) is 6.74. The van der Waals surface area contributed by atoms with Gasteiger partial charge in [-0.05, 0) is 46.6 Å². The summed E-state index contributed by atoms with van der Waals surface area (Å²) in [4.78, 5) is 12.1. The van der Waals surface area contributed by atoms with Gasteiger partial charge in [-0.2, -0.15) is 0 Å². The van der Waals surface area contributed by atoms with Crippen molar-refractivity contribution < 1.29 is 14.3 Å². The summed E-state index contributed by atoms with van der Waals surface area (Å²) in [6, 6.07) is 7.41. The fourth-order valence-electron chi connectivity index (χ4n) is 1.97. The Kier molecular flexibility index (Phi) is 3.67. The molecular weight excluding hydrogens is 342 g/mol. The van der Waals surface area contributed by atoms with Crippen LogP contribution in [0, 0.1) is 0 Å². The molecule has 1 unspecified atom stereocenters.